The Balaban J connectivity index is 2.00. The molecule has 1 N–H and O–H groups in total. The number of aromatic carboxylic acids is 1. The van der Waals surface area contributed by atoms with Gasteiger partial charge in [0.05, 0.1) is 5.56 Å². The molecule has 1 saturated heterocycles. The smallest absolute Gasteiger partial charge is 0.335 e. The molecule has 1 fully saturated rings. The number of carbonyl (C=O) groups is 2. The van der Waals surface area contributed by atoms with Crippen molar-refractivity contribution in [2.45, 2.75) is 26.7 Å². The third-order valence-electron chi connectivity index (χ3n) is 4.15. The summed E-state index contributed by atoms with van der Waals surface area (Å²) >= 11 is 0. The molecule has 1 aromatic carbocycles. The van der Waals surface area contributed by atoms with Crippen LogP contribution >= 0.6 is 0 Å². The number of likely N-dealkylation sites (tertiary alicyclic amines) is 1. The lowest BCUT2D eigenvalue weighted by Gasteiger charge is -2.34. The van der Waals surface area contributed by atoms with E-state index in [0.717, 1.165) is 25.9 Å². The Kier molecular flexibility index (Phi) is 4.42. The summed E-state index contributed by atoms with van der Waals surface area (Å²) in [6.45, 7) is 6.05. The summed E-state index contributed by atoms with van der Waals surface area (Å²) in [6.07, 6.45) is 2.10. The van der Waals surface area contributed by atoms with Crippen LogP contribution in [0.1, 0.15) is 47.4 Å². The van der Waals surface area contributed by atoms with Gasteiger partial charge in [-0.05, 0) is 48.9 Å². The average Bonchev–Trinajstić information content (AvgIpc) is 2.46. The molecular formula is C16H21NO3. The molecule has 0 saturated carbocycles. The maximum atomic E-state index is 12.3. The number of rotatable bonds is 3. The molecule has 1 heterocycles. The number of piperidine rings is 1. The van der Waals surface area contributed by atoms with Gasteiger partial charge in [-0.2, -0.15) is 0 Å². The van der Waals surface area contributed by atoms with Crippen LogP contribution < -0.4 is 0 Å². The predicted molar refractivity (Wildman–Crippen MR) is 76.9 cm³/mol. The highest BCUT2D eigenvalue weighted by atomic mass is 16.4. The first-order valence-electron chi connectivity index (χ1n) is 7.11. The van der Waals surface area contributed by atoms with Gasteiger partial charge < -0.3 is 10.0 Å². The van der Waals surface area contributed by atoms with E-state index in [9.17, 15) is 9.59 Å². The number of carboxylic acid groups (broad SMARTS) is 1. The molecule has 1 amide bonds. The summed E-state index contributed by atoms with van der Waals surface area (Å²) < 4.78 is 0. The standard InChI is InChI=1S/C16H21NO3/c1-11(2)12-7-9-17(10-8-12)15(18)13-3-5-14(6-4-13)16(19)20/h3-6,11-12H,7-10H2,1-2H3,(H,19,20). The lowest BCUT2D eigenvalue weighted by molar-refractivity contribution is 0.0662. The van der Waals surface area contributed by atoms with Gasteiger partial charge >= 0.3 is 5.97 Å². The Bertz CT molecular complexity index is 485. The van der Waals surface area contributed by atoms with Crippen molar-refractivity contribution in [1.29, 1.82) is 0 Å². The van der Waals surface area contributed by atoms with E-state index in [1.54, 1.807) is 12.1 Å². The first kappa shape index (κ1) is 14.6. The van der Waals surface area contributed by atoms with E-state index < -0.39 is 5.97 Å². The molecule has 1 aliphatic heterocycles. The number of benzene rings is 1. The quantitative estimate of drug-likeness (QED) is 0.922. The van der Waals surface area contributed by atoms with Crippen LogP contribution in [0.2, 0.25) is 0 Å². The predicted octanol–water partition coefficient (Wildman–Crippen LogP) is 2.89. The summed E-state index contributed by atoms with van der Waals surface area (Å²) in [6, 6.07) is 6.16. The molecule has 0 radical (unpaired) electrons. The zero-order valence-corrected chi connectivity index (χ0v) is 12.0. The fourth-order valence-electron chi connectivity index (χ4n) is 2.71. The zero-order chi connectivity index (χ0) is 14.7. The van der Waals surface area contributed by atoms with E-state index in [2.05, 4.69) is 13.8 Å². The molecule has 1 aromatic rings. The second-order valence-electron chi connectivity index (χ2n) is 5.76. The highest BCUT2D eigenvalue weighted by Crippen LogP contribution is 2.25. The van der Waals surface area contributed by atoms with Crippen LogP contribution in [0.15, 0.2) is 24.3 Å². The van der Waals surface area contributed by atoms with Gasteiger partial charge in [-0.3, -0.25) is 4.79 Å². The van der Waals surface area contributed by atoms with Crippen molar-refractivity contribution in [2.75, 3.05) is 13.1 Å². The molecule has 1 aliphatic rings. The van der Waals surface area contributed by atoms with Crippen LogP contribution in [0.3, 0.4) is 0 Å². The van der Waals surface area contributed by atoms with Crippen molar-refractivity contribution in [3.05, 3.63) is 35.4 Å². The minimum Gasteiger partial charge on any atom is -0.478 e. The van der Waals surface area contributed by atoms with E-state index in [4.69, 9.17) is 5.11 Å². The van der Waals surface area contributed by atoms with E-state index in [1.165, 1.54) is 12.1 Å². The zero-order valence-electron chi connectivity index (χ0n) is 12.0. The molecule has 0 spiro atoms. The molecule has 2 rings (SSSR count). The van der Waals surface area contributed by atoms with Crippen molar-refractivity contribution in [2.24, 2.45) is 11.8 Å². The molecular weight excluding hydrogens is 254 g/mol. The third kappa shape index (κ3) is 3.18. The van der Waals surface area contributed by atoms with Gasteiger partial charge in [-0.1, -0.05) is 13.8 Å². The second kappa shape index (κ2) is 6.07. The minimum atomic E-state index is -0.971. The van der Waals surface area contributed by atoms with Crippen LogP contribution in [-0.4, -0.2) is 35.0 Å². The van der Waals surface area contributed by atoms with Crippen LogP contribution in [0, 0.1) is 11.8 Å². The summed E-state index contributed by atoms with van der Waals surface area (Å²) in [5, 5.41) is 8.85. The van der Waals surface area contributed by atoms with Gasteiger partial charge in [0, 0.05) is 18.7 Å². The summed E-state index contributed by atoms with van der Waals surface area (Å²) in [4.78, 5) is 25.0. The number of carboxylic acids is 1. The van der Waals surface area contributed by atoms with Crippen molar-refractivity contribution < 1.29 is 14.7 Å². The lowest BCUT2D eigenvalue weighted by Crippen LogP contribution is -2.39. The molecule has 0 aliphatic carbocycles. The number of hydrogen-bond donors (Lipinski definition) is 1. The Labute approximate surface area is 119 Å². The maximum absolute atomic E-state index is 12.3. The van der Waals surface area contributed by atoms with Crippen LogP contribution in [0.5, 0.6) is 0 Å². The third-order valence-corrected chi connectivity index (χ3v) is 4.15. The molecule has 0 unspecified atom stereocenters. The first-order chi connectivity index (χ1) is 9.49. The van der Waals surface area contributed by atoms with Crippen molar-refractivity contribution in [1.82, 2.24) is 4.90 Å². The molecule has 108 valence electrons. The average molecular weight is 275 g/mol. The van der Waals surface area contributed by atoms with Crippen LogP contribution in [0.4, 0.5) is 0 Å². The van der Waals surface area contributed by atoms with E-state index in [-0.39, 0.29) is 11.5 Å². The second-order valence-corrected chi connectivity index (χ2v) is 5.76. The Morgan fingerprint density at radius 3 is 2.05 bits per heavy atom. The molecule has 4 heteroatoms. The maximum Gasteiger partial charge on any atom is 0.335 e. The Morgan fingerprint density at radius 1 is 1.10 bits per heavy atom. The number of nitrogens with zero attached hydrogens (tertiary/aromatic N) is 1. The fourth-order valence-corrected chi connectivity index (χ4v) is 2.71. The van der Waals surface area contributed by atoms with Gasteiger partial charge in [0.1, 0.15) is 0 Å². The number of amides is 1. The minimum absolute atomic E-state index is 0.00384. The summed E-state index contributed by atoms with van der Waals surface area (Å²) in [7, 11) is 0. The van der Waals surface area contributed by atoms with E-state index in [0.29, 0.717) is 17.4 Å². The first-order valence-corrected chi connectivity index (χ1v) is 7.11. The summed E-state index contributed by atoms with van der Waals surface area (Å²) in [5.74, 6) is 0.404. The van der Waals surface area contributed by atoms with E-state index in [1.807, 2.05) is 4.90 Å². The lowest BCUT2D eigenvalue weighted by atomic mass is 9.86. The highest BCUT2D eigenvalue weighted by molar-refractivity contribution is 5.95. The molecule has 0 bridgehead atoms. The van der Waals surface area contributed by atoms with Gasteiger partial charge in [0.25, 0.3) is 5.91 Å². The normalized spacial score (nSPS) is 16.4. The Morgan fingerprint density at radius 2 is 1.60 bits per heavy atom. The fraction of sp³-hybridized carbons (Fsp3) is 0.500. The molecule has 0 atom stereocenters. The van der Waals surface area contributed by atoms with Gasteiger partial charge in [0.2, 0.25) is 0 Å². The molecule has 4 nitrogen and oxygen atoms in total. The summed E-state index contributed by atoms with van der Waals surface area (Å²) in [5.41, 5.74) is 0.776. The SMILES string of the molecule is CC(C)C1CCN(C(=O)c2ccc(C(=O)O)cc2)CC1. The number of hydrogen-bond acceptors (Lipinski definition) is 2. The monoisotopic (exact) mass is 275 g/mol. The van der Waals surface area contributed by atoms with Crippen LogP contribution in [0.25, 0.3) is 0 Å². The van der Waals surface area contributed by atoms with Crippen molar-refractivity contribution >= 4 is 11.9 Å². The Hall–Kier alpha value is -1.84. The largest absolute Gasteiger partial charge is 0.478 e. The van der Waals surface area contributed by atoms with Crippen LogP contribution in [-0.2, 0) is 0 Å². The van der Waals surface area contributed by atoms with Gasteiger partial charge in [-0.15, -0.1) is 0 Å². The van der Waals surface area contributed by atoms with Gasteiger partial charge in [0.15, 0.2) is 0 Å². The molecule has 20 heavy (non-hydrogen) atoms. The molecule has 0 aromatic heterocycles. The highest BCUT2D eigenvalue weighted by Gasteiger charge is 2.25. The number of carbonyl (C=O) groups excluding carboxylic acids is 1. The van der Waals surface area contributed by atoms with Crippen molar-refractivity contribution in [3.63, 3.8) is 0 Å². The van der Waals surface area contributed by atoms with Crippen molar-refractivity contribution in [3.8, 4) is 0 Å². The van der Waals surface area contributed by atoms with Gasteiger partial charge in [-0.25, -0.2) is 4.79 Å². The van der Waals surface area contributed by atoms with E-state index >= 15 is 0 Å². The topological polar surface area (TPSA) is 57.6 Å².